The maximum atomic E-state index is 12.7. The van der Waals surface area contributed by atoms with Crippen molar-refractivity contribution in [1.29, 1.82) is 0 Å². The van der Waals surface area contributed by atoms with E-state index in [1.165, 1.54) is 5.56 Å². The molecule has 130 valence electrons. The van der Waals surface area contributed by atoms with E-state index in [0.29, 0.717) is 12.3 Å². The third-order valence-electron chi connectivity index (χ3n) is 4.86. The van der Waals surface area contributed by atoms with Crippen LogP contribution in [0.15, 0.2) is 66.7 Å². The van der Waals surface area contributed by atoms with Crippen LogP contribution in [0.25, 0.3) is 5.76 Å². The van der Waals surface area contributed by atoms with Crippen LogP contribution < -0.4 is 0 Å². The minimum atomic E-state index is -0.696. The SMILES string of the molecule is Cl.O=C1C=C(c2ccccc2)OC12CCCN(Cc1ccccc1)C2. The summed E-state index contributed by atoms with van der Waals surface area (Å²) >= 11 is 0. The first-order valence-corrected chi connectivity index (χ1v) is 8.52. The highest BCUT2D eigenvalue weighted by Gasteiger charge is 2.47. The second-order valence-electron chi connectivity index (χ2n) is 6.64. The van der Waals surface area contributed by atoms with Gasteiger partial charge in [0.2, 0.25) is 5.78 Å². The van der Waals surface area contributed by atoms with E-state index in [1.54, 1.807) is 6.08 Å². The second-order valence-corrected chi connectivity index (χ2v) is 6.64. The largest absolute Gasteiger partial charge is 0.477 e. The first-order valence-electron chi connectivity index (χ1n) is 8.52. The van der Waals surface area contributed by atoms with Crippen molar-refractivity contribution in [1.82, 2.24) is 4.90 Å². The molecular weight excluding hydrogens is 334 g/mol. The third kappa shape index (κ3) is 3.63. The van der Waals surface area contributed by atoms with Crippen molar-refractivity contribution in [3.8, 4) is 0 Å². The standard InChI is InChI=1S/C21H21NO2.ClH/c23-20-14-19(18-10-5-2-6-11-18)24-21(20)12-7-13-22(16-21)15-17-8-3-1-4-9-17;/h1-6,8-11,14H,7,12-13,15-16H2;1H. The van der Waals surface area contributed by atoms with E-state index in [1.807, 2.05) is 36.4 Å². The van der Waals surface area contributed by atoms with Gasteiger partial charge in [-0.2, -0.15) is 0 Å². The lowest BCUT2D eigenvalue weighted by Gasteiger charge is -2.39. The van der Waals surface area contributed by atoms with Crippen molar-refractivity contribution in [2.24, 2.45) is 0 Å². The van der Waals surface area contributed by atoms with Gasteiger partial charge in [0.25, 0.3) is 0 Å². The molecule has 1 atom stereocenters. The van der Waals surface area contributed by atoms with Gasteiger partial charge >= 0.3 is 0 Å². The fourth-order valence-corrected chi connectivity index (χ4v) is 3.65. The Morgan fingerprint density at radius 1 is 1.00 bits per heavy atom. The van der Waals surface area contributed by atoms with Crippen LogP contribution in [-0.2, 0) is 16.1 Å². The number of benzene rings is 2. The lowest BCUT2D eigenvalue weighted by Crippen LogP contribution is -2.51. The molecule has 2 aliphatic heterocycles. The summed E-state index contributed by atoms with van der Waals surface area (Å²) in [5, 5.41) is 0. The van der Waals surface area contributed by atoms with Crippen molar-refractivity contribution in [3.63, 3.8) is 0 Å². The summed E-state index contributed by atoms with van der Waals surface area (Å²) in [4.78, 5) is 15.0. The number of ether oxygens (including phenoxy) is 1. The van der Waals surface area contributed by atoms with Crippen molar-refractivity contribution < 1.29 is 9.53 Å². The van der Waals surface area contributed by atoms with Gasteiger partial charge in [0, 0.05) is 24.7 Å². The van der Waals surface area contributed by atoms with Gasteiger partial charge in [-0.3, -0.25) is 9.69 Å². The Labute approximate surface area is 154 Å². The molecule has 3 nitrogen and oxygen atoms in total. The zero-order chi connectivity index (χ0) is 16.4. The molecule has 0 aliphatic carbocycles. The molecule has 4 rings (SSSR count). The van der Waals surface area contributed by atoms with Crippen molar-refractivity contribution in [2.75, 3.05) is 13.1 Å². The number of rotatable bonds is 3. The topological polar surface area (TPSA) is 29.5 Å². The van der Waals surface area contributed by atoms with E-state index in [9.17, 15) is 4.79 Å². The minimum absolute atomic E-state index is 0. The number of hydrogen-bond acceptors (Lipinski definition) is 3. The van der Waals surface area contributed by atoms with Crippen molar-refractivity contribution >= 4 is 23.9 Å². The van der Waals surface area contributed by atoms with E-state index < -0.39 is 5.60 Å². The summed E-state index contributed by atoms with van der Waals surface area (Å²) in [5.74, 6) is 0.821. The van der Waals surface area contributed by atoms with E-state index in [4.69, 9.17) is 4.74 Å². The van der Waals surface area contributed by atoms with Crippen LogP contribution in [0.2, 0.25) is 0 Å². The molecule has 0 amide bonds. The molecule has 0 radical (unpaired) electrons. The number of carbonyl (C=O) groups is 1. The van der Waals surface area contributed by atoms with Crippen LogP contribution in [-0.4, -0.2) is 29.4 Å². The summed E-state index contributed by atoms with van der Waals surface area (Å²) in [6.07, 6.45) is 3.46. The smallest absolute Gasteiger partial charge is 0.204 e. The van der Waals surface area contributed by atoms with Gasteiger partial charge < -0.3 is 4.74 Å². The van der Waals surface area contributed by atoms with Crippen LogP contribution in [0.4, 0.5) is 0 Å². The summed E-state index contributed by atoms with van der Waals surface area (Å²) in [5.41, 5.74) is 1.55. The van der Waals surface area contributed by atoms with E-state index in [0.717, 1.165) is 31.5 Å². The second kappa shape index (κ2) is 7.42. The molecule has 1 saturated heterocycles. The van der Waals surface area contributed by atoms with Crippen LogP contribution in [0.5, 0.6) is 0 Å². The normalized spacial score (nSPS) is 23.0. The molecule has 0 saturated carbocycles. The Balaban J connectivity index is 0.00000182. The Kier molecular flexibility index (Phi) is 5.26. The molecule has 1 fully saturated rings. The molecular formula is C21H22ClNO2. The monoisotopic (exact) mass is 355 g/mol. The molecule has 0 bridgehead atoms. The fraction of sp³-hybridized carbons (Fsp3) is 0.286. The molecule has 2 aromatic rings. The van der Waals surface area contributed by atoms with Gasteiger partial charge in [-0.15, -0.1) is 12.4 Å². The number of halogens is 1. The maximum absolute atomic E-state index is 12.7. The number of hydrogen-bond donors (Lipinski definition) is 0. The molecule has 0 aromatic heterocycles. The Morgan fingerprint density at radius 2 is 1.68 bits per heavy atom. The summed E-state index contributed by atoms with van der Waals surface area (Å²) < 4.78 is 6.23. The van der Waals surface area contributed by atoms with E-state index in [2.05, 4.69) is 29.2 Å². The molecule has 4 heteroatoms. The van der Waals surface area contributed by atoms with Gasteiger partial charge in [-0.05, 0) is 24.9 Å². The van der Waals surface area contributed by atoms with E-state index in [-0.39, 0.29) is 18.2 Å². The lowest BCUT2D eigenvalue weighted by atomic mass is 9.89. The van der Waals surface area contributed by atoms with Crippen molar-refractivity contribution in [3.05, 3.63) is 77.9 Å². The highest BCUT2D eigenvalue weighted by molar-refractivity contribution is 6.05. The van der Waals surface area contributed by atoms with Crippen LogP contribution in [0.3, 0.4) is 0 Å². The number of ketones is 1. The molecule has 1 spiro atoms. The quantitative estimate of drug-likeness (QED) is 0.830. The fourth-order valence-electron chi connectivity index (χ4n) is 3.65. The van der Waals surface area contributed by atoms with Crippen LogP contribution in [0, 0.1) is 0 Å². The number of carbonyl (C=O) groups excluding carboxylic acids is 1. The molecule has 1 unspecified atom stereocenters. The molecule has 2 aliphatic rings. The number of nitrogens with zero attached hydrogens (tertiary/aromatic N) is 1. The average molecular weight is 356 g/mol. The summed E-state index contributed by atoms with van der Waals surface area (Å²) in [6, 6.07) is 20.3. The van der Waals surface area contributed by atoms with Gasteiger partial charge in [0.15, 0.2) is 5.60 Å². The molecule has 2 aromatic carbocycles. The first kappa shape index (κ1) is 17.7. The Bertz CT molecular complexity index is 760. The van der Waals surface area contributed by atoms with Gasteiger partial charge in [0.1, 0.15) is 5.76 Å². The summed E-state index contributed by atoms with van der Waals surface area (Å²) in [7, 11) is 0. The zero-order valence-corrected chi connectivity index (χ0v) is 14.9. The molecule has 2 heterocycles. The Morgan fingerprint density at radius 3 is 2.40 bits per heavy atom. The first-order chi connectivity index (χ1) is 11.8. The zero-order valence-electron chi connectivity index (χ0n) is 14.1. The highest BCUT2D eigenvalue weighted by Crippen LogP contribution is 2.37. The predicted molar refractivity (Wildman–Crippen MR) is 101 cm³/mol. The predicted octanol–water partition coefficient (Wildman–Crippen LogP) is 4.08. The lowest BCUT2D eigenvalue weighted by molar-refractivity contribution is -0.134. The van der Waals surface area contributed by atoms with Gasteiger partial charge in [-0.1, -0.05) is 60.7 Å². The number of piperidine rings is 1. The average Bonchev–Trinajstić information content (AvgIpc) is 2.93. The molecule has 25 heavy (non-hydrogen) atoms. The van der Waals surface area contributed by atoms with Crippen LogP contribution in [0.1, 0.15) is 24.0 Å². The highest BCUT2D eigenvalue weighted by atomic mass is 35.5. The third-order valence-corrected chi connectivity index (χ3v) is 4.86. The molecule has 0 N–H and O–H groups in total. The summed E-state index contributed by atoms with van der Waals surface area (Å²) in [6.45, 7) is 2.53. The van der Waals surface area contributed by atoms with Gasteiger partial charge in [0.05, 0.1) is 0 Å². The Hall–Kier alpha value is -2.10. The number of likely N-dealkylation sites (tertiary alicyclic amines) is 1. The minimum Gasteiger partial charge on any atom is -0.477 e. The van der Waals surface area contributed by atoms with Crippen LogP contribution >= 0.6 is 12.4 Å². The van der Waals surface area contributed by atoms with Gasteiger partial charge in [-0.25, -0.2) is 0 Å². The maximum Gasteiger partial charge on any atom is 0.204 e. The van der Waals surface area contributed by atoms with Crippen molar-refractivity contribution in [2.45, 2.75) is 25.0 Å². The van der Waals surface area contributed by atoms with E-state index >= 15 is 0 Å².